The molecular formula is C8H14N4O2. The first kappa shape index (κ1) is 10.6. The van der Waals surface area contributed by atoms with Crippen molar-refractivity contribution >= 4 is 5.97 Å². The van der Waals surface area contributed by atoms with Gasteiger partial charge in [0.2, 0.25) is 0 Å². The van der Waals surface area contributed by atoms with E-state index in [-0.39, 0.29) is 6.54 Å². The lowest BCUT2D eigenvalue weighted by atomic mass is 10.1. The maximum Gasteiger partial charge on any atom is 0.325 e. The van der Waals surface area contributed by atoms with Gasteiger partial charge in [-0.1, -0.05) is 0 Å². The Labute approximate surface area is 81.7 Å². The number of hydrogen-bond donors (Lipinski definition) is 2. The molecule has 0 amide bonds. The number of carboxylic acid groups (broad SMARTS) is 1. The van der Waals surface area contributed by atoms with E-state index in [2.05, 4.69) is 10.1 Å². The minimum absolute atomic E-state index is 0.120. The number of hydrogen-bond acceptors (Lipinski definition) is 4. The zero-order chi connectivity index (χ0) is 10.9. The van der Waals surface area contributed by atoms with Crippen LogP contribution in [0.25, 0.3) is 0 Å². The molecule has 0 bridgehead atoms. The van der Waals surface area contributed by atoms with Crippen LogP contribution < -0.4 is 5.73 Å². The molecule has 0 aliphatic rings. The molecule has 0 saturated carbocycles. The van der Waals surface area contributed by atoms with Gasteiger partial charge in [-0.25, -0.2) is 9.67 Å². The third-order valence-corrected chi connectivity index (χ3v) is 1.93. The van der Waals surface area contributed by atoms with Crippen molar-refractivity contribution in [2.45, 2.75) is 32.9 Å². The summed E-state index contributed by atoms with van der Waals surface area (Å²) in [6.07, 6.45) is 0. The average molecular weight is 198 g/mol. The van der Waals surface area contributed by atoms with Gasteiger partial charge in [-0.15, -0.1) is 0 Å². The summed E-state index contributed by atoms with van der Waals surface area (Å²) in [4.78, 5) is 14.8. The second kappa shape index (κ2) is 3.38. The number of rotatable bonds is 3. The highest BCUT2D eigenvalue weighted by molar-refractivity contribution is 5.77. The van der Waals surface area contributed by atoms with Gasteiger partial charge in [0.15, 0.2) is 0 Å². The molecule has 1 aromatic rings. The summed E-state index contributed by atoms with van der Waals surface area (Å²) in [5, 5.41) is 12.9. The van der Waals surface area contributed by atoms with E-state index in [4.69, 9.17) is 10.8 Å². The second-order valence-electron chi connectivity index (χ2n) is 3.59. The monoisotopic (exact) mass is 198 g/mol. The molecule has 6 heteroatoms. The summed E-state index contributed by atoms with van der Waals surface area (Å²) in [5.41, 5.74) is 4.27. The van der Waals surface area contributed by atoms with Gasteiger partial charge in [0, 0.05) is 0 Å². The van der Waals surface area contributed by atoms with Crippen LogP contribution in [0.5, 0.6) is 0 Å². The molecule has 78 valence electrons. The minimum Gasteiger partial charge on any atom is -0.480 e. The molecule has 0 saturated heterocycles. The number of carboxylic acids is 1. The standard InChI is InChI=1S/C8H14N4O2/c1-5-10-6(2)12(11-5)4-8(3,9)7(13)14/h4,9H2,1-3H3,(H,13,14). The molecular weight excluding hydrogens is 184 g/mol. The molecule has 6 nitrogen and oxygen atoms in total. The Balaban J connectivity index is 2.88. The summed E-state index contributed by atoms with van der Waals surface area (Å²) < 4.78 is 1.50. The van der Waals surface area contributed by atoms with Crippen molar-refractivity contribution in [3.05, 3.63) is 11.6 Å². The van der Waals surface area contributed by atoms with Crippen LogP contribution in [0.2, 0.25) is 0 Å². The van der Waals surface area contributed by atoms with Gasteiger partial charge < -0.3 is 10.8 Å². The lowest BCUT2D eigenvalue weighted by molar-refractivity contribution is -0.143. The molecule has 0 aromatic carbocycles. The first-order chi connectivity index (χ1) is 6.33. The first-order valence-corrected chi connectivity index (χ1v) is 4.23. The van der Waals surface area contributed by atoms with Crippen molar-refractivity contribution in [3.63, 3.8) is 0 Å². The lowest BCUT2D eigenvalue weighted by Gasteiger charge is -2.19. The van der Waals surface area contributed by atoms with E-state index in [9.17, 15) is 4.79 Å². The van der Waals surface area contributed by atoms with E-state index in [1.165, 1.54) is 11.6 Å². The van der Waals surface area contributed by atoms with Crippen molar-refractivity contribution in [2.75, 3.05) is 0 Å². The molecule has 0 spiro atoms. The third kappa shape index (κ3) is 2.08. The number of aliphatic carboxylic acids is 1. The summed E-state index contributed by atoms with van der Waals surface area (Å²) in [7, 11) is 0. The van der Waals surface area contributed by atoms with Crippen LogP contribution in [0.4, 0.5) is 0 Å². The van der Waals surface area contributed by atoms with E-state index in [1.54, 1.807) is 13.8 Å². The highest BCUT2D eigenvalue weighted by atomic mass is 16.4. The maximum absolute atomic E-state index is 10.8. The van der Waals surface area contributed by atoms with E-state index in [1.807, 2.05) is 0 Å². The Bertz CT molecular complexity index is 356. The first-order valence-electron chi connectivity index (χ1n) is 4.23. The third-order valence-electron chi connectivity index (χ3n) is 1.93. The van der Waals surface area contributed by atoms with Crippen LogP contribution in [0, 0.1) is 13.8 Å². The molecule has 14 heavy (non-hydrogen) atoms. The van der Waals surface area contributed by atoms with E-state index in [0.717, 1.165) is 0 Å². The second-order valence-corrected chi connectivity index (χ2v) is 3.59. The van der Waals surface area contributed by atoms with Crippen LogP contribution in [-0.2, 0) is 11.3 Å². The fourth-order valence-electron chi connectivity index (χ4n) is 1.09. The van der Waals surface area contributed by atoms with Crippen molar-refractivity contribution in [2.24, 2.45) is 5.73 Å². The van der Waals surface area contributed by atoms with E-state index < -0.39 is 11.5 Å². The summed E-state index contributed by atoms with van der Waals surface area (Å²) in [6.45, 7) is 5.08. The molecule has 1 atom stereocenters. The maximum atomic E-state index is 10.8. The van der Waals surface area contributed by atoms with Crippen molar-refractivity contribution < 1.29 is 9.90 Å². The fraction of sp³-hybridized carbons (Fsp3) is 0.625. The number of carbonyl (C=O) groups is 1. The van der Waals surface area contributed by atoms with Crippen molar-refractivity contribution in [1.82, 2.24) is 14.8 Å². The highest BCUT2D eigenvalue weighted by Crippen LogP contribution is 2.05. The Kier molecular flexibility index (Phi) is 2.57. The zero-order valence-electron chi connectivity index (χ0n) is 8.48. The highest BCUT2D eigenvalue weighted by Gasteiger charge is 2.29. The van der Waals surface area contributed by atoms with Gasteiger partial charge in [-0.2, -0.15) is 5.10 Å². The molecule has 1 rings (SSSR count). The molecule has 1 unspecified atom stereocenters. The van der Waals surface area contributed by atoms with Gasteiger partial charge in [-0.3, -0.25) is 4.79 Å². The molecule has 1 heterocycles. The number of aromatic nitrogens is 3. The van der Waals surface area contributed by atoms with Gasteiger partial charge >= 0.3 is 5.97 Å². The molecule has 0 fully saturated rings. The smallest absolute Gasteiger partial charge is 0.325 e. The SMILES string of the molecule is Cc1nc(C)n(CC(C)(N)C(=O)O)n1. The average Bonchev–Trinajstić information content (AvgIpc) is 2.29. The van der Waals surface area contributed by atoms with E-state index >= 15 is 0 Å². The quantitative estimate of drug-likeness (QED) is 0.695. The fourth-order valence-corrected chi connectivity index (χ4v) is 1.09. The molecule has 3 N–H and O–H groups in total. The molecule has 0 aliphatic heterocycles. The summed E-state index contributed by atoms with van der Waals surface area (Å²) in [6, 6.07) is 0. The van der Waals surface area contributed by atoms with Gasteiger partial charge in [0.25, 0.3) is 0 Å². The van der Waals surface area contributed by atoms with Crippen LogP contribution in [0.3, 0.4) is 0 Å². The summed E-state index contributed by atoms with van der Waals surface area (Å²) >= 11 is 0. The Morgan fingerprint density at radius 3 is 2.57 bits per heavy atom. The topological polar surface area (TPSA) is 94.0 Å². The molecule has 1 aromatic heterocycles. The Morgan fingerprint density at radius 1 is 1.64 bits per heavy atom. The number of nitrogens with two attached hydrogens (primary N) is 1. The van der Waals surface area contributed by atoms with E-state index in [0.29, 0.717) is 11.6 Å². The molecule has 0 radical (unpaired) electrons. The van der Waals surface area contributed by atoms with Crippen LogP contribution in [0.1, 0.15) is 18.6 Å². The van der Waals surface area contributed by atoms with Gasteiger partial charge in [0.1, 0.15) is 17.2 Å². The number of nitrogens with zero attached hydrogens (tertiary/aromatic N) is 3. The van der Waals surface area contributed by atoms with Gasteiger partial charge in [-0.05, 0) is 20.8 Å². The van der Waals surface area contributed by atoms with Crippen LogP contribution in [0.15, 0.2) is 0 Å². The minimum atomic E-state index is -1.31. The zero-order valence-corrected chi connectivity index (χ0v) is 8.48. The number of aryl methyl sites for hydroxylation is 2. The predicted octanol–water partition coefficient (Wildman–Crippen LogP) is -0.303. The van der Waals surface area contributed by atoms with Gasteiger partial charge in [0.05, 0.1) is 6.54 Å². The normalized spacial score (nSPS) is 15.1. The predicted molar refractivity (Wildman–Crippen MR) is 49.7 cm³/mol. The lowest BCUT2D eigenvalue weighted by Crippen LogP contribution is -2.48. The van der Waals surface area contributed by atoms with Crippen molar-refractivity contribution in [1.29, 1.82) is 0 Å². The van der Waals surface area contributed by atoms with Crippen LogP contribution in [-0.4, -0.2) is 31.4 Å². The largest absolute Gasteiger partial charge is 0.480 e. The Hall–Kier alpha value is -1.43. The van der Waals surface area contributed by atoms with Crippen molar-refractivity contribution in [3.8, 4) is 0 Å². The Morgan fingerprint density at radius 2 is 2.21 bits per heavy atom. The molecule has 0 aliphatic carbocycles. The van der Waals surface area contributed by atoms with Crippen LogP contribution >= 0.6 is 0 Å². The summed E-state index contributed by atoms with van der Waals surface area (Å²) in [5.74, 6) is 0.231.